The van der Waals surface area contributed by atoms with E-state index in [1.807, 2.05) is 17.9 Å². The molecule has 2 aliphatic rings. The second kappa shape index (κ2) is 5.02. The Morgan fingerprint density at radius 2 is 2.28 bits per heavy atom. The van der Waals surface area contributed by atoms with E-state index in [2.05, 4.69) is 28.4 Å². The van der Waals surface area contributed by atoms with Crippen molar-refractivity contribution in [2.75, 3.05) is 13.1 Å². The van der Waals surface area contributed by atoms with Crippen molar-refractivity contribution in [1.82, 2.24) is 20.0 Å². The first-order chi connectivity index (χ1) is 8.76. The van der Waals surface area contributed by atoms with Crippen LogP contribution in [-0.4, -0.2) is 39.9 Å². The third-order valence-corrected chi connectivity index (χ3v) is 4.37. The maximum atomic E-state index is 4.27. The molecular formula is C14H24N4. The maximum absolute atomic E-state index is 4.27. The van der Waals surface area contributed by atoms with Crippen LogP contribution in [0.25, 0.3) is 0 Å². The van der Waals surface area contributed by atoms with Gasteiger partial charge < -0.3 is 5.32 Å². The van der Waals surface area contributed by atoms with E-state index in [1.54, 1.807) is 0 Å². The van der Waals surface area contributed by atoms with Gasteiger partial charge in [0.25, 0.3) is 0 Å². The van der Waals surface area contributed by atoms with Crippen molar-refractivity contribution in [1.29, 1.82) is 0 Å². The lowest BCUT2D eigenvalue weighted by Gasteiger charge is -2.40. The molecule has 2 fully saturated rings. The van der Waals surface area contributed by atoms with Gasteiger partial charge in [0.15, 0.2) is 0 Å². The van der Waals surface area contributed by atoms with E-state index >= 15 is 0 Å². The van der Waals surface area contributed by atoms with Crippen molar-refractivity contribution in [2.24, 2.45) is 13.0 Å². The van der Waals surface area contributed by atoms with Crippen LogP contribution >= 0.6 is 0 Å². The van der Waals surface area contributed by atoms with Crippen LogP contribution in [0.4, 0.5) is 0 Å². The Labute approximate surface area is 109 Å². The summed E-state index contributed by atoms with van der Waals surface area (Å²) in [5.74, 6) is 0.944. The molecule has 1 saturated heterocycles. The minimum atomic E-state index is 0.681. The summed E-state index contributed by atoms with van der Waals surface area (Å²) in [7, 11) is 1.99. The van der Waals surface area contributed by atoms with Gasteiger partial charge in [-0.05, 0) is 25.2 Å². The standard InChI is InChI=1S/C14H24N4/c1-3-13-7-15-14(12-4-5-12)10-18(13)9-11-6-16-17(2)8-11/h6,8,12-15H,3-5,7,9-10H2,1-2H3. The molecule has 0 amide bonds. The first-order valence-electron chi connectivity index (χ1n) is 7.21. The van der Waals surface area contributed by atoms with Crippen LogP contribution in [0.2, 0.25) is 0 Å². The molecule has 0 spiro atoms. The van der Waals surface area contributed by atoms with E-state index in [0.29, 0.717) is 6.04 Å². The summed E-state index contributed by atoms with van der Waals surface area (Å²) in [5, 5.41) is 8.01. The highest BCUT2D eigenvalue weighted by Gasteiger charge is 2.36. The second-order valence-electron chi connectivity index (χ2n) is 5.87. The molecule has 0 radical (unpaired) electrons. The molecule has 1 saturated carbocycles. The quantitative estimate of drug-likeness (QED) is 0.874. The van der Waals surface area contributed by atoms with Gasteiger partial charge in [-0.3, -0.25) is 9.58 Å². The van der Waals surface area contributed by atoms with Gasteiger partial charge >= 0.3 is 0 Å². The SMILES string of the molecule is CCC1CNC(C2CC2)CN1Cc1cnn(C)c1. The molecule has 1 aliphatic carbocycles. The van der Waals surface area contributed by atoms with Crippen LogP contribution in [-0.2, 0) is 13.6 Å². The van der Waals surface area contributed by atoms with Crippen molar-refractivity contribution in [3.63, 3.8) is 0 Å². The highest BCUT2D eigenvalue weighted by Crippen LogP contribution is 2.34. The Bertz CT molecular complexity index is 396. The summed E-state index contributed by atoms with van der Waals surface area (Å²) in [6.45, 7) is 5.70. The Morgan fingerprint density at radius 3 is 2.89 bits per heavy atom. The zero-order valence-corrected chi connectivity index (χ0v) is 11.5. The molecule has 0 aromatic carbocycles. The highest BCUT2D eigenvalue weighted by molar-refractivity contribution is 5.05. The lowest BCUT2D eigenvalue weighted by atomic mass is 10.0. The molecule has 1 N–H and O–H groups in total. The van der Waals surface area contributed by atoms with Crippen molar-refractivity contribution < 1.29 is 0 Å². The summed E-state index contributed by atoms with van der Waals surface area (Å²) in [6, 6.07) is 1.41. The van der Waals surface area contributed by atoms with Gasteiger partial charge in [-0.15, -0.1) is 0 Å². The highest BCUT2D eigenvalue weighted by atomic mass is 15.3. The molecule has 2 unspecified atom stereocenters. The fourth-order valence-electron chi connectivity index (χ4n) is 3.08. The molecule has 1 aromatic rings. The van der Waals surface area contributed by atoms with Gasteiger partial charge in [-0.1, -0.05) is 6.92 Å². The zero-order chi connectivity index (χ0) is 12.5. The molecule has 2 heterocycles. The molecule has 2 atom stereocenters. The number of rotatable bonds is 4. The molecule has 0 bridgehead atoms. The molecule has 4 nitrogen and oxygen atoms in total. The summed E-state index contributed by atoms with van der Waals surface area (Å²) >= 11 is 0. The van der Waals surface area contributed by atoms with Crippen LogP contribution in [0.15, 0.2) is 12.4 Å². The van der Waals surface area contributed by atoms with Crippen LogP contribution in [0, 0.1) is 5.92 Å². The number of piperazine rings is 1. The Kier molecular flexibility index (Phi) is 3.39. The molecule has 3 rings (SSSR count). The van der Waals surface area contributed by atoms with Crippen LogP contribution in [0.3, 0.4) is 0 Å². The summed E-state index contributed by atoms with van der Waals surface area (Å²) in [5.41, 5.74) is 1.34. The first-order valence-corrected chi connectivity index (χ1v) is 7.21. The van der Waals surface area contributed by atoms with Gasteiger partial charge in [0.1, 0.15) is 0 Å². The molecule has 4 heteroatoms. The molecule has 1 aromatic heterocycles. The van der Waals surface area contributed by atoms with Gasteiger partial charge in [-0.25, -0.2) is 0 Å². The monoisotopic (exact) mass is 248 g/mol. The van der Waals surface area contributed by atoms with Crippen molar-refractivity contribution >= 4 is 0 Å². The average Bonchev–Trinajstić information content (AvgIpc) is 3.14. The van der Waals surface area contributed by atoms with Crippen LogP contribution in [0.1, 0.15) is 31.7 Å². The normalized spacial score (nSPS) is 29.7. The van der Waals surface area contributed by atoms with E-state index in [1.165, 1.54) is 31.4 Å². The van der Waals surface area contributed by atoms with Gasteiger partial charge in [0.05, 0.1) is 6.20 Å². The zero-order valence-electron chi connectivity index (χ0n) is 11.5. The van der Waals surface area contributed by atoms with E-state index in [9.17, 15) is 0 Å². The largest absolute Gasteiger partial charge is 0.311 e. The second-order valence-corrected chi connectivity index (χ2v) is 5.87. The average molecular weight is 248 g/mol. The predicted molar refractivity (Wildman–Crippen MR) is 72.2 cm³/mol. The number of hydrogen-bond donors (Lipinski definition) is 1. The summed E-state index contributed by atoms with van der Waals surface area (Å²) in [4.78, 5) is 2.65. The number of nitrogens with zero attached hydrogens (tertiary/aromatic N) is 3. The predicted octanol–water partition coefficient (Wildman–Crippen LogP) is 1.38. The lowest BCUT2D eigenvalue weighted by molar-refractivity contribution is 0.112. The topological polar surface area (TPSA) is 33.1 Å². The fourth-order valence-corrected chi connectivity index (χ4v) is 3.08. The minimum absolute atomic E-state index is 0.681. The van der Waals surface area contributed by atoms with Gasteiger partial charge in [-0.2, -0.15) is 5.10 Å². The molecular weight excluding hydrogens is 224 g/mol. The third-order valence-electron chi connectivity index (χ3n) is 4.37. The Morgan fingerprint density at radius 1 is 1.44 bits per heavy atom. The fraction of sp³-hybridized carbons (Fsp3) is 0.786. The van der Waals surface area contributed by atoms with Gasteiger partial charge in [0.2, 0.25) is 0 Å². The Hall–Kier alpha value is -0.870. The number of aromatic nitrogens is 2. The number of hydrogen-bond acceptors (Lipinski definition) is 3. The summed E-state index contributed by atoms with van der Waals surface area (Å²) in [6.07, 6.45) is 8.22. The van der Waals surface area contributed by atoms with E-state index in [4.69, 9.17) is 0 Å². The molecule has 1 aliphatic heterocycles. The van der Waals surface area contributed by atoms with E-state index in [0.717, 1.165) is 25.0 Å². The van der Waals surface area contributed by atoms with E-state index in [-0.39, 0.29) is 0 Å². The first kappa shape index (κ1) is 12.2. The number of aryl methyl sites for hydroxylation is 1. The van der Waals surface area contributed by atoms with Crippen molar-refractivity contribution in [2.45, 2.75) is 44.8 Å². The van der Waals surface area contributed by atoms with Gasteiger partial charge in [0, 0.05) is 50.5 Å². The number of nitrogens with one attached hydrogen (secondary N) is 1. The smallest absolute Gasteiger partial charge is 0.0534 e. The maximum Gasteiger partial charge on any atom is 0.0534 e. The van der Waals surface area contributed by atoms with Crippen LogP contribution < -0.4 is 5.32 Å². The lowest BCUT2D eigenvalue weighted by Crippen LogP contribution is -2.56. The van der Waals surface area contributed by atoms with Crippen molar-refractivity contribution in [3.8, 4) is 0 Å². The minimum Gasteiger partial charge on any atom is -0.311 e. The molecule has 18 heavy (non-hydrogen) atoms. The summed E-state index contributed by atoms with van der Waals surface area (Å²) < 4.78 is 1.90. The Balaban J connectivity index is 1.65. The molecule has 100 valence electrons. The van der Waals surface area contributed by atoms with Crippen molar-refractivity contribution in [3.05, 3.63) is 18.0 Å². The third kappa shape index (κ3) is 2.59. The van der Waals surface area contributed by atoms with Crippen LogP contribution in [0.5, 0.6) is 0 Å². The van der Waals surface area contributed by atoms with E-state index < -0.39 is 0 Å².